The third kappa shape index (κ3) is 3.46. The van der Waals surface area contributed by atoms with E-state index in [1.165, 1.54) is 19.3 Å². The van der Waals surface area contributed by atoms with Crippen LogP contribution in [0.2, 0.25) is 0 Å². The molecule has 0 spiro atoms. The molecule has 0 aliphatic carbocycles. The molecule has 0 unspecified atom stereocenters. The van der Waals surface area contributed by atoms with Crippen LogP contribution in [0.5, 0.6) is 11.5 Å². The number of amides is 1. The van der Waals surface area contributed by atoms with Crippen molar-refractivity contribution in [3.63, 3.8) is 0 Å². The number of likely N-dealkylation sites (tertiary alicyclic amines) is 2. The molecule has 1 N–H and O–H groups in total. The Balaban J connectivity index is 1.42. The van der Waals surface area contributed by atoms with Gasteiger partial charge in [-0.25, -0.2) is 0 Å². The van der Waals surface area contributed by atoms with Crippen LogP contribution in [0.1, 0.15) is 29.6 Å². The number of piperidine rings is 1. The van der Waals surface area contributed by atoms with Gasteiger partial charge in [-0.3, -0.25) is 4.79 Å². The molecule has 6 nitrogen and oxygen atoms in total. The molecule has 6 heteroatoms. The highest BCUT2D eigenvalue weighted by Crippen LogP contribution is 2.34. The largest absolute Gasteiger partial charge is 0.454 e. The number of ether oxygens (including phenoxy) is 2. The number of fused-ring (bicyclic) bond motifs is 1. The first-order valence-electron chi connectivity index (χ1n) is 9.27. The summed E-state index contributed by atoms with van der Waals surface area (Å²) in [5, 5.41) is 9.77. The summed E-state index contributed by atoms with van der Waals surface area (Å²) < 4.78 is 10.7. The Labute approximate surface area is 148 Å². The first kappa shape index (κ1) is 16.7. The van der Waals surface area contributed by atoms with E-state index >= 15 is 0 Å². The summed E-state index contributed by atoms with van der Waals surface area (Å²) in [6, 6.07) is 5.35. The predicted molar refractivity (Wildman–Crippen MR) is 92.8 cm³/mol. The van der Waals surface area contributed by atoms with Crippen molar-refractivity contribution in [3.8, 4) is 11.5 Å². The predicted octanol–water partition coefficient (Wildman–Crippen LogP) is 1.58. The molecule has 2 saturated heterocycles. The van der Waals surface area contributed by atoms with E-state index in [1.807, 2.05) is 4.90 Å². The SMILES string of the molecule is O=C(c1ccc2c(c1)OCO2)N1C[C@@H](CO)[C@@H](CN2CCCCC2)C1. The molecule has 0 saturated carbocycles. The highest BCUT2D eigenvalue weighted by atomic mass is 16.7. The smallest absolute Gasteiger partial charge is 0.254 e. The molecule has 4 rings (SSSR count). The third-order valence-corrected chi connectivity index (χ3v) is 5.66. The number of hydrogen-bond acceptors (Lipinski definition) is 5. The van der Waals surface area contributed by atoms with Crippen LogP contribution in [0.25, 0.3) is 0 Å². The Kier molecular flexibility index (Phi) is 4.81. The number of carbonyl (C=O) groups excluding carboxylic acids is 1. The van der Waals surface area contributed by atoms with Crippen LogP contribution in [0.3, 0.4) is 0 Å². The van der Waals surface area contributed by atoms with Gasteiger partial charge in [0, 0.05) is 37.7 Å². The summed E-state index contributed by atoms with van der Waals surface area (Å²) in [4.78, 5) is 17.3. The number of aliphatic hydroxyl groups excluding tert-OH is 1. The van der Waals surface area contributed by atoms with Gasteiger partial charge in [-0.1, -0.05) is 6.42 Å². The van der Waals surface area contributed by atoms with Crippen molar-refractivity contribution in [2.24, 2.45) is 11.8 Å². The fraction of sp³-hybridized carbons (Fsp3) is 0.632. The molecule has 3 heterocycles. The lowest BCUT2D eigenvalue weighted by atomic mass is 9.95. The van der Waals surface area contributed by atoms with E-state index in [2.05, 4.69) is 4.90 Å². The van der Waals surface area contributed by atoms with Crippen molar-refractivity contribution >= 4 is 5.91 Å². The Hall–Kier alpha value is -1.79. The number of aliphatic hydroxyl groups is 1. The molecule has 2 fully saturated rings. The van der Waals surface area contributed by atoms with Gasteiger partial charge < -0.3 is 24.4 Å². The first-order chi connectivity index (χ1) is 12.2. The lowest BCUT2D eigenvalue weighted by Gasteiger charge is -2.30. The lowest BCUT2D eigenvalue weighted by Crippen LogP contribution is -2.37. The van der Waals surface area contributed by atoms with Gasteiger partial charge in [-0.15, -0.1) is 0 Å². The Morgan fingerprint density at radius 3 is 2.64 bits per heavy atom. The standard InChI is InChI=1S/C19H26N2O4/c22-12-16-11-21(10-15(16)9-20-6-2-1-3-7-20)19(23)14-4-5-17-18(8-14)25-13-24-17/h4-5,8,15-16,22H,1-3,6-7,9-13H2/t15-,16-/m0/s1. The summed E-state index contributed by atoms with van der Waals surface area (Å²) in [6.45, 7) is 4.97. The fourth-order valence-corrected chi connectivity index (χ4v) is 4.20. The first-order valence-corrected chi connectivity index (χ1v) is 9.27. The van der Waals surface area contributed by atoms with Crippen molar-refractivity contribution < 1.29 is 19.4 Å². The maximum Gasteiger partial charge on any atom is 0.254 e. The third-order valence-electron chi connectivity index (χ3n) is 5.66. The van der Waals surface area contributed by atoms with Crippen molar-refractivity contribution in [3.05, 3.63) is 23.8 Å². The molecule has 1 amide bonds. The second-order valence-corrected chi connectivity index (χ2v) is 7.34. The van der Waals surface area contributed by atoms with Crippen molar-refractivity contribution in [2.45, 2.75) is 19.3 Å². The highest BCUT2D eigenvalue weighted by molar-refractivity contribution is 5.95. The zero-order chi connectivity index (χ0) is 17.2. The molecule has 0 bridgehead atoms. The minimum absolute atomic E-state index is 0.0119. The highest BCUT2D eigenvalue weighted by Gasteiger charge is 2.36. The monoisotopic (exact) mass is 346 g/mol. The van der Waals surface area contributed by atoms with Crippen molar-refractivity contribution in [1.82, 2.24) is 9.80 Å². The Morgan fingerprint density at radius 1 is 1.08 bits per heavy atom. The van der Waals surface area contributed by atoms with Crippen LogP contribution < -0.4 is 9.47 Å². The lowest BCUT2D eigenvalue weighted by molar-refractivity contribution is 0.0778. The number of benzene rings is 1. The van der Waals surface area contributed by atoms with E-state index < -0.39 is 0 Å². The molecule has 25 heavy (non-hydrogen) atoms. The van der Waals surface area contributed by atoms with Crippen LogP contribution in [0.4, 0.5) is 0 Å². The maximum atomic E-state index is 12.9. The van der Waals surface area contributed by atoms with E-state index in [4.69, 9.17) is 9.47 Å². The quantitative estimate of drug-likeness (QED) is 0.897. The second-order valence-electron chi connectivity index (χ2n) is 7.34. The van der Waals surface area contributed by atoms with Crippen molar-refractivity contribution in [1.29, 1.82) is 0 Å². The van der Waals surface area contributed by atoms with Crippen LogP contribution in [-0.4, -0.2) is 66.9 Å². The normalized spacial score (nSPS) is 26.2. The zero-order valence-corrected chi connectivity index (χ0v) is 14.5. The number of nitrogens with zero attached hydrogens (tertiary/aromatic N) is 2. The fourth-order valence-electron chi connectivity index (χ4n) is 4.20. The molecule has 0 aromatic heterocycles. The zero-order valence-electron chi connectivity index (χ0n) is 14.5. The van der Waals surface area contributed by atoms with Crippen molar-refractivity contribution in [2.75, 3.05) is 46.1 Å². The Bertz CT molecular complexity index is 630. The molecular formula is C19H26N2O4. The molecule has 3 aliphatic heterocycles. The van der Waals surface area contributed by atoms with Crippen LogP contribution in [0, 0.1) is 11.8 Å². The topological polar surface area (TPSA) is 62.2 Å². The number of carbonyl (C=O) groups is 1. The van der Waals surface area contributed by atoms with E-state index in [9.17, 15) is 9.90 Å². The molecule has 1 aromatic carbocycles. The molecule has 3 aliphatic rings. The van der Waals surface area contributed by atoms with Crippen LogP contribution in [0.15, 0.2) is 18.2 Å². The maximum absolute atomic E-state index is 12.9. The van der Waals surface area contributed by atoms with E-state index in [-0.39, 0.29) is 25.2 Å². The molecule has 2 atom stereocenters. The average molecular weight is 346 g/mol. The minimum Gasteiger partial charge on any atom is -0.454 e. The molecule has 136 valence electrons. The van der Waals surface area contributed by atoms with E-state index in [1.54, 1.807) is 18.2 Å². The number of rotatable bonds is 4. The minimum atomic E-state index is 0.0119. The van der Waals surface area contributed by atoms with E-state index in [0.717, 1.165) is 26.2 Å². The van der Waals surface area contributed by atoms with Gasteiger partial charge in [-0.2, -0.15) is 0 Å². The van der Waals surface area contributed by atoms with Crippen LogP contribution in [-0.2, 0) is 0 Å². The molecule has 1 aromatic rings. The van der Waals surface area contributed by atoms with Gasteiger partial charge in [0.15, 0.2) is 11.5 Å². The second kappa shape index (κ2) is 7.22. The van der Waals surface area contributed by atoms with Crippen LogP contribution >= 0.6 is 0 Å². The number of hydrogen-bond donors (Lipinski definition) is 1. The molecular weight excluding hydrogens is 320 g/mol. The molecule has 0 radical (unpaired) electrons. The van der Waals surface area contributed by atoms with E-state index in [0.29, 0.717) is 29.5 Å². The van der Waals surface area contributed by atoms with Gasteiger partial charge in [0.2, 0.25) is 6.79 Å². The summed E-state index contributed by atoms with van der Waals surface area (Å²) in [7, 11) is 0. The van der Waals surface area contributed by atoms with Gasteiger partial charge in [0.1, 0.15) is 0 Å². The van der Waals surface area contributed by atoms with Gasteiger partial charge in [0.05, 0.1) is 0 Å². The van der Waals surface area contributed by atoms with Gasteiger partial charge >= 0.3 is 0 Å². The van der Waals surface area contributed by atoms with Gasteiger partial charge in [-0.05, 0) is 50.0 Å². The Morgan fingerprint density at radius 2 is 1.84 bits per heavy atom. The summed E-state index contributed by atoms with van der Waals surface area (Å²) in [5.41, 5.74) is 0.625. The summed E-state index contributed by atoms with van der Waals surface area (Å²) in [5.74, 6) is 1.85. The average Bonchev–Trinajstić information content (AvgIpc) is 3.28. The summed E-state index contributed by atoms with van der Waals surface area (Å²) >= 11 is 0. The van der Waals surface area contributed by atoms with Gasteiger partial charge in [0.25, 0.3) is 5.91 Å². The summed E-state index contributed by atoms with van der Waals surface area (Å²) in [6.07, 6.45) is 3.84.